The third kappa shape index (κ3) is 2.25. The van der Waals surface area contributed by atoms with Crippen LogP contribution in [0.2, 0.25) is 0 Å². The first-order valence-electron chi connectivity index (χ1n) is 4.80. The molecule has 0 heterocycles. The Kier molecular flexibility index (Phi) is 3.40. The Bertz CT molecular complexity index is 480. The van der Waals surface area contributed by atoms with Crippen LogP contribution < -0.4 is 0 Å². The van der Waals surface area contributed by atoms with E-state index in [1.165, 1.54) is 32.0 Å². The fraction of sp³-hybridized carbons (Fsp3) is 0.455. The van der Waals surface area contributed by atoms with Crippen molar-refractivity contribution in [3.63, 3.8) is 0 Å². The Hall–Kier alpha value is -0.940. The van der Waals surface area contributed by atoms with E-state index in [1.54, 1.807) is 6.07 Å². The first-order valence-corrected chi connectivity index (χ1v) is 6.69. The van der Waals surface area contributed by atoms with Crippen LogP contribution in [0.1, 0.15) is 25.5 Å². The first-order chi connectivity index (χ1) is 7.18. The van der Waals surface area contributed by atoms with Gasteiger partial charge in [-0.1, -0.05) is 18.2 Å². The maximum atomic E-state index is 13.4. The van der Waals surface area contributed by atoms with Crippen LogP contribution in [0.25, 0.3) is 0 Å². The summed E-state index contributed by atoms with van der Waals surface area (Å²) in [5.74, 6) is -0.605. The second kappa shape index (κ2) is 4.14. The van der Waals surface area contributed by atoms with Gasteiger partial charge in [-0.25, -0.2) is 12.8 Å². The highest BCUT2D eigenvalue weighted by molar-refractivity contribution is 7.92. The fourth-order valence-corrected chi connectivity index (χ4v) is 1.81. The van der Waals surface area contributed by atoms with Gasteiger partial charge in [0.25, 0.3) is 0 Å². The predicted molar refractivity (Wildman–Crippen MR) is 60.3 cm³/mol. The van der Waals surface area contributed by atoms with E-state index in [1.807, 2.05) is 0 Å². The highest BCUT2D eigenvalue weighted by Gasteiger charge is 2.39. The van der Waals surface area contributed by atoms with Gasteiger partial charge >= 0.3 is 0 Å². The predicted octanol–water partition coefficient (Wildman–Crippen LogP) is 1.68. The average Bonchev–Trinajstić information content (AvgIpc) is 2.15. The van der Waals surface area contributed by atoms with E-state index in [-0.39, 0.29) is 5.56 Å². The van der Waals surface area contributed by atoms with Crippen molar-refractivity contribution in [2.75, 3.05) is 6.26 Å². The van der Waals surface area contributed by atoms with Crippen molar-refractivity contribution in [2.45, 2.75) is 24.7 Å². The lowest BCUT2D eigenvalue weighted by molar-refractivity contribution is 0.135. The van der Waals surface area contributed by atoms with Gasteiger partial charge in [-0.2, -0.15) is 0 Å². The van der Waals surface area contributed by atoms with Gasteiger partial charge in [0, 0.05) is 11.8 Å². The van der Waals surface area contributed by atoms with Crippen LogP contribution in [0.4, 0.5) is 4.39 Å². The van der Waals surface area contributed by atoms with Crippen LogP contribution in [-0.4, -0.2) is 24.5 Å². The molecule has 0 aliphatic heterocycles. The molecule has 0 saturated carbocycles. The van der Waals surface area contributed by atoms with Gasteiger partial charge in [0.15, 0.2) is 9.84 Å². The van der Waals surface area contributed by atoms with Crippen LogP contribution >= 0.6 is 0 Å². The van der Waals surface area contributed by atoms with E-state index < -0.39 is 26.5 Å². The van der Waals surface area contributed by atoms with Crippen molar-refractivity contribution in [3.8, 4) is 0 Å². The molecular weight excluding hydrogens is 231 g/mol. The summed E-state index contributed by atoms with van der Waals surface area (Å²) in [5.41, 5.74) is -0.00192. The first kappa shape index (κ1) is 13.1. The summed E-state index contributed by atoms with van der Waals surface area (Å²) >= 11 is 0. The second-order valence-electron chi connectivity index (χ2n) is 4.30. The molecule has 0 aliphatic rings. The Balaban J connectivity index is 3.23. The zero-order valence-electron chi connectivity index (χ0n) is 9.44. The molecule has 0 bridgehead atoms. The molecule has 0 spiro atoms. The molecule has 0 radical (unpaired) electrons. The van der Waals surface area contributed by atoms with Gasteiger partial charge in [0.1, 0.15) is 11.9 Å². The largest absolute Gasteiger partial charge is 0.387 e. The van der Waals surface area contributed by atoms with Gasteiger partial charge < -0.3 is 5.11 Å². The van der Waals surface area contributed by atoms with Gasteiger partial charge in [-0.05, 0) is 19.9 Å². The van der Waals surface area contributed by atoms with Crippen LogP contribution in [0.3, 0.4) is 0 Å². The summed E-state index contributed by atoms with van der Waals surface area (Å²) in [5, 5.41) is 9.95. The summed E-state index contributed by atoms with van der Waals surface area (Å²) < 4.78 is 35.0. The summed E-state index contributed by atoms with van der Waals surface area (Å²) in [6, 6.07) is 5.61. The minimum Gasteiger partial charge on any atom is -0.387 e. The molecule has 90 valence electrons. The topological polar surface area (TPSA) is 54.4 Å². The second-order valence-corrected chi connectivity index (χ2v) is 6.90. The average molecular weight is 246 g/mol. The molecule has 3 nitrogen and oxygen atoms in total. The van der Waals surface area contributed by atoms with Crippen LogP contribution in [-0.2, 0) is 9.84 Å². The Labute approximate surface area is 94.8 Å². The molecule has 1 aromatic carbocycles. The molecule has 1 atom stereocenters. The molecule has 1 aromatic rings. The van der Waals surface area contributed by atoms with E-state index in [4.69, 9.17) is 0 Å². The van der Waals surface area contributed by atoms with Crippen molar-refractivity contribution < 1.29 is 17.9 Å². The highest BCUT2D eigenvalue weighted by atomic mass is 32.2. The van der Waals surface area contributed by atoms with Gasteiger partial charge in [-0.3, -0.25) is 0 Å². The van der Waals surface area contributed by atoms with Crippen LogP contribution in [0.5, 0.6) is 0 Å². The minimum atomic E-state index is -3.48. The standard InChI is InChI=1S/C11H15FO3S/c1-11(2,16(3,14)15)10(13)8-6-4-5-7-9(8)12/h4-7,10,13H,1-3H3. The van der Waals surface area contributed by atoms with Gasteiger partial charge in [-0.15, -0.1) is 0 Å². The van der Waals surface area contributed by atoms with Crippen molar-refractivity contribution in [1.82, 2.24) is 0 Å². The Morgan fingerprint density at radius 1 is 1.31 bits per heavy atom. The SMILES string of the molecule is CC(C)(C(O)c1ccccc1F)S(C)(=O)=O. The highest BCUT2D eigenvalue weighted by Crippen LogP contribution is 2.33. The molecule has 5 heteroatoms. The monoisotopic (exact) mass is 246 g/mol. The van der Waals surface area contributed by atoms with E-state index in [0.717, 1.165) is 6.26 Å². The molecule has 1 rings (SSSR count). The zero-order valence-corrected chi connectivity index (χ0v) is 10.3. The fourth-order valence-electron chi connectivity index (χ4n) is 1.27. The summed E-state index contributed by atoms with van der Waals surface area (Å²) in [4.78, 5) is 0. The third-order valence-corrected chi connectivity index (χ3v) is 4.95. The molecule has 16 heavy (non-hydrogen) atoms. The molecule has 0 amide bonds. The van der Waals surface area contributed by atoms with Crippen LogP contribution in [0, 0.1) is 5.82 Å². The normalized spacial score (nSPS) is 14.8. The smallest absolute Gasteiger partial charge is 0.155 e. The zero-order chi connectivity index (χ0) is 12.6. The Morgan fingerprint density at radius 2 is 1.81 bits per heavy atom. The maximum Gasteiger partial charge on any atom is 0.155 e. The maximum absolute atomic E-state index is 13.4. The van der Waals surface area contributed by atoms with Crippen molar-refractivity contribution in [2.24, 2.45) is 0 Å². The summed E-state index contributed by atoms with van der Waals surface area (Å²) in [6.07, 6.45) is -0.361. The molecular formula is C11H15FO3S. The summed E-state index contributed by atoms with van der Waals surface area (Å²) in [6.45, 7) is 2.75. The van der Waals surface area contributed by atoms with Crippen molar-refractivity contribution in [1.29, 1.82) is 0 Å². The lowest BCUT2D eigenvalue weighted by atomic mass is 9.98. The van der Waals surface area contributed by atoms with Crippen molar-refractivity contribution >= 4 is 9.84 Å². The Morgan fingerprint density at radius 3 is 2.25 bits per heavy atom. The van der Waals surface area contributed by atoms with Gasteiger partial charge in [0.05, 0.1) is 4.75 Å². The lowest BCUT2D eigenvalue weighted by Crippen LogP contribution is -2.38. The number of aliphatic hydroxyl groups excluding tert-OH is 1. The van der Waals surface area contributed by atoms with E-state index in [2.05, 4.69) is 0 Å². The minimum absolute atomic E-state index is 0.00192. The number of benzene rings is 1. The number of sulfone groups is 1. The number of rotatable bonds is 3. The summed E-state index contributed by atoms with van der Waals surface area (Å²) in [7, 11) is -3.48. The molecule has 1 unspecified atom stereocenters. The molecule has 0 saturated heterocycles. The van der Waals surface area contributed by atoms with Crippen LogP contribution in [0.15, 0.2) is 24.3 Å². The number of hydrogen-bond acceptors (Lipinski definition) is 3. The molecule has 0 fully saturated rings. The van der Waals surface area contributed by atoms with E-state index >= 15 is 0 Å². The van der Waals surface area contributed by atoms with Crippen molar-refractivity contribution in [3.05, 3.63) is 35.6 Å². The number of aliphatic hydroxyl groups is 1. The van der Waals surface area contributed by atoms with Gasteiger partial charge in [0.2, 0.25) is 0 Å². The molecule has 0 aromatic heterocycles. The van der Waals surface area contributed by atoms with E-state index in [9.17, 15) is 17.9 Å². The third-order valence-electron chi connectivity index (χ3n) is 2.81. The number of hydrogen-bond donors (Lipinski definition) is 1. The quantitative estimate of drug-likeness (QED) is 0.882. The molecule has 0 aliphatic carbocycles. The van der Waals surface area contributed by atoms with E-state index in [0.29, 0.717) is 0 Å². The number of halogens is 1. The lowest BCUT2D eigenvalue weighted by Gasteiger charge is -2.29. The molecule has 1 N–H and O–H groups in total.